The number of hydrogen-bond acceptors (Lipinski definition) is 3. The summed E-state index contributed by atoms with van der Waals surface area (Å²) in [6, 6.07) is 5.69. The smallest absolute Gasteiger partial charge is 0.122 e. The van der Waals surface area contributed by atoms with Crippen molar-refractivity contribution in [3.63, 3.8) is 0 Å². The fourth-order valence-corrected chi connectivity index (χ4v) is 2.49. The van der Waals surface area contributed by atoms with Crippen molar-refractivity contribution in [3.05, 3.63) is 47.0 Å². The third-order valence-electron chi connectivity index (χ3n) is 3.33. The molecule has 0 atom stereocenters. The van der Waals surface area contributed by atoms with E-state index in [9.17, 15) is 0 Å². The first kappa shape index (κ1) is 11.6. The third-order valence-corrected chi connectivity index (χ3v) is 3.56. The number of halogens is 1. The highest BCUT2D eigenvalue weighted by Crippen LogP contribution is 2.21. The Kier molecular flexibility index (Phi) is 2.97. The minimum Gasteiger partial charge on any atom is -0.398 e. The summed E-state index contributed by atoms with van der Waals surface area (Å²) in [4.78, 5) is 6.70. The standard InChI is InChI=1S/C13H15ClN4/c14-11-2-1-10(12(15)7-11)8-17-5-6-18-4-3-16-13(18)9-17/h1-4,7H,5-6,8-9,15H2. The Hall–Kier alpha value is -1.52. The van der Waals surface area contributed by atoms with Gasteiger partial charge in [-0.3, -0.25) is 4.90 Å². The minimum atomic E-state index is 0.686. The molecule has 1 aromatic heterocycles. The van der Waals surface area contributed by atoms with Gasteiger partial charge in [0.25, 0.3) is 0 Å². The van der Waals surface area contributed by atoms with Crippen LogP contribution in [0.3, 0.4) is 0 Å². The second-order valence-corrected chi connectivity index (χ2v) is 5.03. The van der Waals surface area contributed by atoms with Gasteiger partial charge in [-0.05, 0) is 17.7 Å². The highest BCUT2D eigenvalue weighted by molar-refractivity contribution is 6.30. The number of nitrogens with zero attached hydrogens (tertiary/aromatic N) is 3. The molecule has 2 N–H and O–H groups in total. The van der Waals surface area contributed by atoms with Crippen LogP contribution in [-0.2, 0) is 19.6 Å². The van der Waals surface area contributed by atoms with Crippen LogP contribution in [0.5, 0.6) is 0 Å². The van der Waals surface area contributed by atoms with Gasteiger partial charge in [-0.15, -0.1) is 0 Å². The maximum absolute atomic E-state index is 5.98. The first-order valence-electron chi connectivity index (χ1n) is 5.98. The number of anilines is 1. The van der Waals surface area contributed by atoms with Crippen LogP contribution in [0.2, 0.25) is 5.02 Å². The molecule has 0 saturated carbocycles. The van der Waals surface area contributed by atoms with Crippen LogP contribution in [0.4, 0.5) is 5.69 Å². The van der Waals surface area contributed by atoms with Gasteiger partial charge in [0.15, 0.2) is 0 Å². The van der Waals surface area contributed by atoms with Crippen LogP contribution in [0.25, 0.3) is 0 Å². The molecular formula is C13H15ClN4. The van der Waals surface area contributed by atoms with Gasteiger partial charge in [0.1, 0.15) is 5.82 Å². The van der Waals surface area contributed by atoms with Crippen LogP contribution in [-0.4, -0.2) is 21.0 Å². The van der Waals surface area contributed by atoms with Gasteiger partial charge in [-0.1, -0.05) is 17.7 Å². The average molecular weight is 263 g/mol. The lowest BCUT2D eigenvalue weighted by Crippen LogP contribution is -2.33. The Bertz CT molecular complexity index is 564. The van der Waals surface area contributed by atoms with Crippen LogP contribution in [0.15, 0.2) is 30.6 Å². The van der Waals surface area contributed by atoms with Gasteiger partial charge in [-0.2, -0.15) is 0 Å². The summed E-state index contributed by atoms with van der Waals surface area (Å²) in [5.41, 5.74) is 7.87. The number of aromatic nitrogens is 2. The number of rotatable bonds is 2. The van der Waals surface area contributed by atoms with E-state index in [4.69, 9.17) is 17.3 Å². The van der Waals surface area contributed by atoms with E-state index in [0.29, 0.717) is 5.02 Å². The predicted octanol–water partition coefficient (Wildman–Crippen LogP) is 2.13. The molecule has 0 unspecified atom stereocenters. The topological polar surface area (TPSA) is 47.1 Å². The first-order valence-corrected chi connectivity index (χ1v) is 6.36. The van der Waals surface area contributed by atoms with Crippen molar-refractivity contribution in [2.45, 2.75) is 19.6 Å². The maximum atomic E-state index is 5.98. The summed E-state index contributed by atoms with van der Waals surface area (Å²) in [6.45, 7) is 3.72. The van der Waals surface area contributed by atoms with E-state index in [1.807, 2.05) is 30.6 Å². The highest BCUT2D eigenvalue weighted by Gasteiger charge is 2.17. The van der Waals surface area contributed by atoms with Crippen molar-refractivity contribution in [2.24, 2.45) is 0 Å². The summed E-state index contributed by atoms with van der Waals surface area (Å²) in [5, 5.41) is 0.686. The average Bonchev–Trinajstić information content (AvgIpc) is 2.80. The van der Waals surface area contributed by atoms with E-state index >= 15 is 0 Å². The zero-order valence-electron chi connectivity index (χ0n) is 10.0. The lowest BCUT2D eigenvalue weighted by Gasteiger charge is -2.27. The molecule has 0 spiro atoms. The van der Waals surface area contributed by atoms with Crippen molar-refractivity contribution >= 4 is 17.3 Å². The quantitative estimate of drug-likeness (QED) is 0.844. The number of imidazole rings is 1. The predicted molar refractivity (Wildman–Crippen MR) is 72.2 cm³/mol. The Morgan fingerprint density at radius 2 is 2.22 bits per heavy atom. The molecule has 1 aromatic carbocycles. The van der Waals surface area contributed by atoms with E-state index in [1.165, 1.54) is 0 Å². The molecule has 0 radical (unpaired) electrons. The second-order valence-electron chi connectivity index (χ2n) is 4.59. The molecule has 1 aliphatic heterocycles. The summed E-state index contributed by atoms with van der Waals surface area (Å²) in [5.74, 6) is 1.12. The molecule has 3 rings (SSSR count). The zero-order valence-corrected chi connectivity index (χ0v) is 10.8. The van der Waals surface area contributed by atoms with Crippen molar-refractivity contribution in [3.8, 4) is 0 Å². The minimum absolute atomic E-state index is 0.686. The maximum Gasteiger partial charge on any atom is 0.122 e. The number of nitrogens with two attached hydrogens (primary N) is 1. The van der Waals surface area contributed by atoms with Gasteiger partial charge in [0.2, 0.25) is 0 Å². The van der Waals surface area contributed by atoms with E-state index < -0.39 is 0 Å². The molecule has 4 nitrogen and oxygen atoms in total. The monoisotopic (exact) mass is 262 g/mol. The molecule has 94 valence electrons. The normalized spacial score (nSPS) is 15.6. The summed E-state index contributed by atoms with van der Waals surface area (Å²) in [6.07, 6.45) is 3.89. The zero-order chi connectivity index (χ0) is 12.5. The van der Waals surface area contributed by atoms with E-state index in [2.05, 4.69) is 14.5 Å². The summed E-state index contributed by atoms with van der Waals surface area (Å²) >= 11 is 5.91. The molecule has 0 bridgehead atoms. The van der Waals surface area contributed by atoms with Crippen LogP contribution in [0, 0.1) is 0 Å². The molecule has 0 saturated heterocycles. The van der Waals surface area contributed by atoms with Crippen molar-refractivity contribution in [1.82, 2.24) is 14.5 Å². The van der Waals surface area contributed by atoms with Crippen LogP contribution < -0.4 is 5.73 Å². The lowest BCUT2D eigenvalue weighted by molar-refractivity contribution is 0.209. The number of hydrogen-bond donors (Lipinski definition) is 1. The second kappa shape index (κ2) is 4.63. The first-order chi connectivity index (χ1) is 8.72. The summed E-state index contributed by atoms with van der Waals surface area (Å²) < 4.78 is 2.20. The Morgan fingerprint density at radius 3 is 3.06 bits per heavy atom. The van der Waals surface area contributed by atoms with E-state index in [1.54, 1.807) is 0 Å². The third kappa shape index (κ3) is 2.21. The molecule has 2 heterocycles. The van der Waals surface area contributed by atoms with Gasteiger partial charge in [0, 0.05) is 42.7 Å². The van der Waals surface area contributed by atoms with Crippen molar-refractivity contribution < 1.29 is 0 Å². The van der Waals surface area contributed by atoms with Gasteiger partial charge in [0.05, 0.1) is 6.54 Å². The Balaban J connectivity index is 1.74. The van der Waals surface area contributed by atoms with Crippen molar-refractivity contribution in [1.29, 1.82) is 0 Å². The fourth-order valence-electron chi connectivity index (χ4n) is 2.31. The Morgan fingerprint density at radius 1 is 1.33 bits per heavy atom. The SMILES string of the molecule is Nc1cc(Cl)ccc1CN1CCn2ccnc2C1. The largest absolute Gasteiger partial charge is 0.398 e. The van der Waals surface area contributed by atoms with Crippen LogP contribution in [0.1, 0.15) is 11.4 Å². The molecule has 18 heavy (non-hydrogen) atoms. The van der Waals surface area contributed by atoms with Gasteiger partial charge in [-0.25, -0.2) is 4.98 Å². The molecule has 0 aliphatic carbocycles. The molecule has 2 aromatic rings. The molecule has 1 aliphatic rings. The van der Waals surface area contributed by atoms with Crippen molar-refractivity contribution in [2.75, 3.05) is 12.3 Å². The van der Waals surface area contributed by atoms with Crippen LogP contribution >= 0.6 is 11.6 Å². The number of benzene rings is 1. The molecule has 0 amide bonds. The molecule has 0 fully saturated rings. The highest BCUT2D eigenvalue weighted by atomic mass is 35.5. The van der Waals surface area contributed by atoms with E-state index in [-0.39, 0.29) is 0 Å². The van der Waals surface area contributed by atoms with E-state index in [0.717, 1.165) is 43.3 Å². The Labute approximate surface area is 111 Å². The number of nitrogen functional groups attached to an aromatic ring is 1. The lowest BCUT2D eigenvalue weighted by atomic mass is 10.1. The number of fused-ring (bicyclic) bond motifs is 1. The van der Waals surface area contributed by atoms with Gasteiger partial charge < -0.3 is 10.3 Å². The molecule has 5 heteroatoms. The molecular weight excluding hydrogens is 248 g/mol. The van der Waals surface area contributed by atoms with Gasteiger partial charge >= 0.3 is 0 Å². The fraction of sp³-hybridized carbons (Fsp3) is 0.308. The summed E-state index contributed by atoms with van der Waals surface area (Å²) in [7, 11) is 0.